The average molecular weight is 303 g/mol. The number of nitrogens with zero attached hydrogens (tertiary/aromatic N) is 2. The summed E-state index contributed by atoms with van der Waals surface area (Å²) in [5.41, 5.74) is 0. The molecule has 0 aliphatic carbocycles. The van der Waals surface area contributed by atoms with Crippen molar-refractivity contribution in [3.8, 4) is 0 Å². The molecule has 2 aliphatic heterocycles. The number of nitrogens with one attached hydrogen (secondary N) is 1. The lowest BCUT2D eigenvalue weighted by atomic mass is 10.0. The molecule has 0 aromatic carbocycles. The van der Waals surface area contributed by atoms with Crippen LogP contribution in [0.4, 0.5) is 0 Å². The van der Waals surface area contributed by atoms with Gasteiger partial charge in [-0.3, -0.25) is 4.79 Å². The normalized spacial score (nSPS) is 28.8. The smallest absolute Gasteiger partial charge is 0.241 e. The van der Waals surface area contributed by atoms with Gasteiger partial charge < -0.3 is 10.2 Å². The van der Waals surface area contributed by atoms with Gasteiger partial charge in [0, 0.05) is 19.6 Å². The number of piperidine rings is 1. The first-order chi connectivity index (χ1) is 9.43. The van der Waals surface area contributed by atoms with E-state index in [0.717, 1.165) is 38.9 Å². The van der Waals surface area contributed by atoms with E-state index < -0.39 is 16.1 Å². The molecule has 2 fully saturated rings. The highest BCUT2D eigenvalue weighted by Gasteiger charge is 2.38. The number of hydrogen-bond acceptors (Lipinski definition) is 4. The third kappa shape index (κ3) is 3.51. The van der Waals surface area contributed by atoms with E-state index >= 15 is 0 Å². The van der Waals surface area contributed by atoms with Crippen LogP contribution in [0.1, 0.15) is 25.7 Å². The molecule has 2 rings (SSSR count). The van der Waals surface area contributed by atoms with Crippen molar-refractivity contribution in [1.29, 1.82) is 0 Å². The summed E-state index contributed by atoms with van der Waals surface area (Å²) in [6.07, 6.45) is 4.62. The van der Waals surface area contributed by atoms with Crippen molar-refractivity contribution < 1.29 is 13.2 Å². The zero-order valence-corrected chi connectivity index (χ0v) is 13.2. The van der Waals surface area contributed by atoms with Gasteiger partial charge in [-0.1, -0.05) is 6.42 Å². The van der Waals surface area contributed by atoms with E-state index in [1.807, 2.05) is 11.9 Å². The average Bonchev–Trinajstić information content (AvgIpc) is 2.86. The molecule has 0 saturated carbocycles. The van der Waals surface area contributed by atoms with Gasteiger partial charge in [0.2, 0.25) is 15.9 Å². The summed E-state index contributed by atoms with van der Waals surface area (Å²) in [7, 11) is -1.39. The van der Waals surface area contributed by atoms with Gasteiger partial charge in [0.1, 0.15) is 6.04 Å². The molecule has 2 aliphatic rings. The first-order valence-corrected chi connectivity index (χ1v) is 9.18. The molecule has 2 atom stereocenters. The largest absolute Gasteiger partial charge is 0.341 e. The number of carbonyl (C=O) groups is 1. The standard InChI is InChI=1S/C13H25N3O3S/c1-14-9-11-6-8-15(10-11)13(17)12-5-3-4-7-16(12)20(2,18)19/h11-12,14H,3-10H2,1-2H3/t11-,12+/m1/s1. The number of amides is 1. The van der Waals surface area contributed by atoms with Crippen molar-refractivity contribution in [2.45, 2.75) is 31.7 Å². The van der Waals surface area contributed by atoms with Gasteiger partial charge in [-0.2, -0.15) is 4.31 Å². The van der Waals surface area contributed by atoms with E-state index in [1.165, 1.54) is 10.6 Å². The lowest BCUT2D eigenvalue weighted by Gasteiger charge is -2.35. The molecule has 116 valence electrons. The third-order valence-electron chi connectivity index (χ3n) is 4.26. The maximum Gasteiger partial charge on any atom is 0.241 e. The quantitative estimate of drug-likeness (QED) is 0.785. The van der Waals surface area contributed by atoms with Crippen LogP contribution in [0, 0.1) is 5.92 Å². The van der Waals surface area contributed by atoms with E-state index in [4.69, 9.17) is 0 Å². The second-order valence-corrected chi connectivity index (χ2v) is 7.82. The van der Waals surface area contributed by atoms with Crippen LogP contribution < -0.4 is 5.32 Å². The molecule has 20 heavy (non-hydrogen) atoms. The van der Waals surface area contributed by atoms with Crippen molar-refractivity contribution in [1.82, 2.24) is 14.5 Å². The molecule has 0 aromatic rings. The van der Waals surface area contributed by atoms with Crippen LogP contribution in [0.5, 0.6) is 0 Å². The lowest BCUT2D eigenvalue weighted by molar-refractivity contribution is -0.135. The second kappa shape index (κ2) is 6.41. The van der Waals surface area contributed by atoms with Crippen molar-refractivity contribution in [3.05, 3.63) is 0 Å². The van der Waals surface area contributed by atoms with Crippen molar-refractivity contribution >= 4 is 15.9 Å². The summed E-state index contributed by atoms with van der Waals surface area (Å²) in [5.74, 6) is 0.480. The Labute approximate surface area is 121 Å². The van der Waals surface area contributed by atoms with Crippen LogP contribution in [-0.4, -0.2) is 69.1 Å². The highest BCUT2D eigenvalue weighted by atomic mass is 32.2. The molecule has 2 saturated heterocycles. The van der Waals surface area contributed by atoms with Crippen LogP contribution >= 0.6 is 0 Å². The molecule has 7 heteroatoms. The first kappa shape index (κ1) is 15.7. The lowest BCUT2D eigenvalue weighted by Crippen LogP contribution is -2.52. The Morgan fingerprint density at radius 1 is 1.25 bits per heavy atom. The fourth-order valence-electron chi connectivity index (χ4n) is 3.25. The minimum Gasteiger partial charge on any atom is -0.341 e. The number of carbonyl (C=O) groups excluding carboxylic acids is 1. The Balaban J connectivity index is 2.04. The Morgan fingerprint density at radius 2 is 2.00 bits per heavy atom. The molecule has 6 nitrogen and oxygen atoms in total. The molecule has 1 N–H and O–H groups in total. The molecule has 1 amide bonds. The highest BCUT2D eigenvalue weighted by Crippen LogP contribution is 2.24. The maximum atomic E-state index is 12.6. The third-order valence-corrected chi connectivity index (χ3v) is 5.54. The fraction of sp³-hybridized carbons (Fsp3) is 0.923. The minimum atomic E-state index is -3.30. The predicted molar refractivity (Wildman–Crippen MR) is 77.8 cm³/mol. The number of sulfonamides is 1. The summed E-state index contributed by atoms with van der Waals surface area (Å²) in [4.78, 5) is 14.5. The zero-order chi connectivity index (χ0) is 14.8. The fourth-order valence-corrected chi connectivity index (χ4v) is 4.37. The van der Waals surface area contributed by atoms with Gasteiger partial charge in [0.25, 0.3) is 0 Å². The minimum absolute atomic E-state index is 0.00581. The molecular formula is C13H25N3O3S. The molecule has 0 radical (unpaired) electrons. The molecular weight excluding hydrogens is 278 g/mol. The topological polar surface area (TPSA) is 69.7 Å². The number of likely N-dealkylation sites (tertiary alicyclic amines) is 1. The van der Waals surface area contributed by atoms with Gasteiger partial charge in [-0.25, -0.2) is 8.42 Å². The van der Waals surface area contributed by atoms with E-state index in [-0.39, 0.29) is 5.91 Å². The van der Waals surface area contributed by atoms with Gasteiger partial charge in [0.05, 0.1) is 6.26 Å². The molecule has 0 aromatic heterocycles. The second-order valence-electron chi connectivity index (χ2n) is 5.88. The zero-order valence-electron chi connectivity index (χ0n) is 12.3. The summed E-state index contributed by atoms with van der Waals surface area (Å²) < 4.78 is 25.0. The summed E-state index contributed by atoms with van der Waals surface area (Å²) in [6, 6.07) is -0.480. The molecule has 0 unspecified atom stereocenters. The SMILES string of the molecule is CNC[C@H]1CCN(C(=O)[C@@H]2CCCCN2S(C)(=O)=O)C1. The Hall–Kier alpha value is -0.660. The number of hydrogen-bond donors (Lipinski definition) is 1. The van der Waals surface area contributed by atoms with E-state index in [2.05, 4.69) is 5.32 Å². The Bertz CT molecular complexity index is 452. The molecule has 0 bridgehead atoms. The van der Waals surface area contributed by atoms with Gasteiger partial charge in [-0.15, -0.1) is 0 Å². The molecule has 0 spiro atoms. The van der Waals surface area contributed by atoms with Crippen molar-refractivity contribution in [2.24, 2.45) is 5.92 Å². The van der Waals surface area contributed by atoms with Crippen LogP contribution in [0.2, 0.25) is 0 Å². The van der Waals surface area contributed by atoms with Crippen molar-refractivity contribution in [3.63, 3.8) is 0 Å². The van der Waals surface area contributed by atoms with Gasteiger partial charge >= 0.3 is 0 Å². The van der Waals surface area contributed by atoms with Crippen LogP contribution in [0.3, 0.4) is 0 Å². The van der Waals surface area contributed by atoms with E-state index in [1.54, 1.807) is 0 Å². The first-order valence-electron chi connectivity index (χ1n) is 7.33. The van der Waals surface area contributed by atoms with Gasteiger partial charge in [0.15, 0.2) is 0 Å². The summed E-state index contributed by atoms with van der Waals surface area (Å²) in [6.45, 7) is 2.88. The Morgan fingerprint density at radius 3 is 2.65 bits per heavy atom. The van der Waals surface area contributed by atoms with E-state index in [0.29, 0.717) is 18.9 Å². The maximum absolute atomic E-state index is 12.6. The highest BCUT2D eigenvalue weighted by molar-refractivity contribution is 7.88. The summed E-state index contributed by atoms with van der Waals surface area (Å²) in [5, 5.41) is 3.14. The Kier molecular flexibility index (Phi) is 5.04. The number of rotatable bonds is 4. The van der Waals surface area contributed by atoms with Crippen molar-refractivity contribution in [2.75, 3.05) is 39.5 Å². The van der Waals surface area contributed by atoms with Crippen LogP contribution in [-0.2, 0) is 14.8 Å². The monoisotopic (exact) mass is 303 g/mol. The predicted octanol–water partition coefficient (Wildman–Crippen LogP) is -0.132. The van der Waals surface area contributed by atoms with Crippen LogP contribution in [0.15, 0.2) is 0 Å². The van der Waals surface area contributed by atoms with Crippen LogP contribution in [0.25, 0.3) is 0 Å². The molecule has 2 heterocycles. The summed E-state index contributed by atoms with van der Waals surface area (Å²) >= 11 is 0. The van der Waals surface area contributed by atoms with Gasteiger partial charge in [-0.05, 0) is 38.8 Å². The van der Waals surface area contributed by atoms with E-state index in [9.17, 15) is 13.2 Å².